The zero-order chi connectivity index (χ0) is 17.5. The number of hydrogen-bond acceptors (Lipinski definition) is 4. The van der Waals surface area contributed by atoms with Gasteiger partial charge in [-0.25, -0.2) is 4.79 Å². The maximum atomic E-state index is 12.3. The number of rotatable bonds is 0. The van der Waals surface area contributed by atoms with E-state index >= 15 is 0 Å². The third-order valence-corrected chi connectivity index (χ3v) is 4.29. The summed E-state index contributed by atoms with van der Waals surface area (Å²) in [6.45, 7) is 9.40. The molecule has 6 heteroatoms. The van der Waals surface area contributed by atoms with Crippen LogP contribution in [0.1, 0.15) is 32.8 Å². The molecule has 24 heavy (non-hydrogen) atoms. The van der Waals surface area contributed by atoms with Crippen molar-refractivity contribution in [3.05, 3.63) is 23.8 Å². The number of anilines is 2. The smallest absolute Gasteiger partial charge is 0.410 e. The van der Waals surface area contributed by atoms with Gasteiger partial charge in [-0.1, -0.05) is 6.07 Å². The Labute approximate surface area is 142 Å². The minimum Gasteiger partial charge on any atom is -0.444 e. The highest BCUT2D eigenvalue weighted by molar-refractivity contribution is 5.97. The van der Waals surface area contributed by atoms with E-state index < -0.39 is 5.60 Å². The molecule has 6 nitrogen and oxygen atoms in total. The van der Waals surface area contributed by atoms with Crippen LogP contribution in [0.5, 0.6) is 0 Å². The second-order valence-electron chi connectivity index (χ2n) is 7.55. The Morgan fingerprint density at radius 3 is 2.75 bits per heavy atom. The predicted octanol–water partition coefficient (Wildman–Crippen LogP) is 2.76. The molecule has 0 saturated carbocycles. The van der Waals surface area contributed by atoms with Crippen LogP contribution in [0.2, 0.25) is 0 Å². The molecule has 1 fully saturated rings. The van der Waals surface area contributed by atoms with E-state index in [-0.39, 0.29) is 18.0 Å². The predicted molar refractivity (Wildman–Crippen MR) is 93.4 cm³/mol. The Morgan fingerprint density at radius 2 is 2.04 bits per heavy atom. The van der Waals surface area contributed by atoms with Crippen LogP contribution in [0, 0.1) is 6.92 Å². The number of hydrogen-bond donors (Lipinski definition) is 1. The molecule has 0 bridgehead atoms. The van der Waals surface area contributed by atoms with Gasteiger partial charge in [-0.05, 0) is 45.4 Å². The lowest BCUT2D eigenvalue weighted by atomic mass is 10.1. The maximum absolute atomic E-state index is 12.3. The van der Waals surface area contributed by atoms with E-state index in [1.165, 1.54) is 0 Å². The minimum absolute atomic E-state index is 0.0151. The summed E-state index contributed by atoms with van der Waals surface area (Å²) in [5, 5.41) is 2.97. The summed E-state index contributed by atoms with van der Waals surface area (Å²) in [4.78, 5) is 28.5. The topological polar surface area (TPSA) is 61.9 Å². The van der Waals surface area contributed by atoms with Crippen molar-refractivity contribution in [1.29, 1.82) is 0 Å². The van der Waals surface area contributed by atoms with Gasteiger partial charge in [-0.3, -0.25) is 4.79 Å². The highest BCUT2D eigenvalue weighted by Crippen LogP contribution is 2.34. The van der Waals surface area contributed by atoms with E-state index in [9.17, 15) is 9.59 Å². The van der Waals surface area contributed by atoms with Crippen molar-refractivity contribution in [3.8, 4) is 0 Å². The van der Waals surface area contributed by atoms with E-state index in [0.717, 1.165) is 16.9 Å². The minimum atomic E-state index is -0.515. The first-order valence-corrected chi connectivity index (χ1v) is 8.38. The molecule has 1 atom stereocenters. The van der Waals surface area contributed by atoms with E-state index in [4.69, 9.17) is 4.74 Å². The molecule has 0 radical (unpaired) electrons. The van der Waals surface area contributed by atoms with Crippen molar-refractivity contribution in [2.45, 2.75) is 45.8 Å². The Bertz CT molecular complexity index is 666. The quantitative estimate of drug-likeness (QED) is 0.794. The van der Waals surface area contributed by atoms with Gasteiger partial charge >= 0.3 is 6.09 Å². The van der Waals surface area contributed by atoms with Gasteiger partial charge in [0.2, 0.25) is 5.91 Å². The number of amides is 2. The van der Waals surface area contributed by atoms with Crippen molar-refractivity contribution in [2.75, 3.05) is 29.9 Å². The van der Waals surface area contributed by atoms with Crippen molar-refractivity contribution in [1.82, 2.24) is 4.90 Å². The van der Waals surface area contributed by atoms with E-state index in [2.05, 4.69) is 16.3 Å². The summed E-state index contributed by atoms with van der Waals surface area (Å²) in [5.41, 5.74) is 2.52. The van der Waals surface area contributed by atoms with Gasteiger partial charge in [0.1, 0.15) is 5.60 Å². The SMILES string of the molecule is Cc1ccc2c(c1)N1CCN(C(=O)OC(C)(C)C)C[C@@H]1CC(=O)N2. The van der Waals surface area contributed by atoms with Gasteiger partial charge in [0.05, 0.1) is 17.4 Å². The molecular formula is C18H25N3O3. The molecule has 130 valence electrons. The fraction of sp³-hybridized carbons (Fsp3) is 0.556. The van der Waals surface area contributed by atoms with Gasteiger partial charge in [-0.2, -0.15) is 0 Å². The van der Waals surface area contributed by atoms with Gasteiger partial charge in [0.25, 0.3) is 0 Å². The number of aryl methyl sites for hydroxylation is 1. The summed E-state index contributed by atoms with van der Waals surface area (Å²) in [6, 6.07) is 6.01. The van der Waals surface area contributed by atoms with Crippen molar-refractivity contribution < 1.29 is 14.3 Å². The molecule has 2 amide bonds. The zero-order valence-corrected chi connectivity index (χ0v) is 14.8. The van der Waals surface area contributed by atoms with Crippen molar-refractivity contribution in [3.63, 3.8) is 0 Å². The number of nitrogens with zero attached hydrogens (tertiary/aromatic N) is 2. The van der Waals surface area contributed by atoms with Crippen LogP contribution in [0.3, 0.4) is 0 Å². The summed E-state index contributed by atoms with van der Waals surface area (Å²) in [6.07, 6.45) is 0.0591. The summed E-state index contributed by atoms with van der Waals surface area (Å²) in [7, 11) is 0. The van der Waals surface area contributed by atoms with Gasteiger partial charge in [0.15, 0.2) is 0 Å². The number of carbonyl (C=O) groups is 2. The largest absolute Gasteiger partial charge is 0.444 e. The Balaban J connectivity index is 1.82. The van der Waals surface area contributed by atoms with Crippen LogP contribution in [-0.4, -0.2) is 48.2 Å². The first-order chi connectivity index (χ1) is 11.2. The third-order valence-electron chi connectivity index (χ3n) is 4.29. The normalized spacial score (nSPS) is 20.7. The van der Waals surface area contributed by atoms with Crippen LogP contribution >= 0.6 is 0 Å². The van der Waals surface area contributed by atoms with Crippen molar-refractivity contribution >= 4 is 23.4 Å². The van der Waals surface area contributed by atoms with Crippen LogP contribution in [-0.2, 0) is 9.53 Å². The van der Waals surface area contributed by atoms with Crippen LogP contribution in [0.25, 0.3) is 0 Å². The number of benzene rings is 1. The summed E-state index contributed by atoms with van der Waals surface area (Å²) in [5.74, 6) is -0.0151. The monoisotopic (exact) mass is 331 g/mol. The summed E-state index contributed by atoms with van der Waals surface area (Å²) < 4.78 is 5.47. The lowest BCUT2D eigenvalue weighted by Crippen LogP contribution is -2.55. The lowest BCUT2D eigenvalue weighted by Gasteiger charge is -2.42. The van der Waals surface area contributed by atoms with Crippen LogP contribution < -0.4 is 10.2 Å². The molecule has 2 heterocycles. The number of carbonyl (C=O) groups excluding carboxylic acids is 2. The van der Waals surface area contributed by atoms with Crippen LogP contribution in [0.15, 0.2) is 18.2 Å². The van der Waals surface area contributed by atoms with Crippen molar-refractivity contribution in [2.24, 2.45) is 0 Å². The molecule has 0 aliphatic carbocycles. The highest BCUT2D eigenvalue weighted by atomic mass is 16.6. The molecule has 1 aromatic rings. The van der Waals surface area contributed by atoms with Crippen LogP contribution in [0.4, 0.5) is 16.2 Å². The zero-order valence-electron chi connectivity index (χ0n) is 14.8. The Kier molecular flexibility index (Phi) is 4.15. The van der Waals surface area contributed by atoms with E-state index in [0.29, 0.717) is 26.1 Å². The molecule has 2 aliphatic rings. The molecule has 2 aliphatic heterocycles. The highest BCUT2D eigenvalue weighted by Gasteiger charge is 2.35. The fourth-order valence-electron chi connectivity index (χ4n) is 3.24. The third kappa shape index (κ3) is 3.47. The molecule has 1 N–H and O–H groups in total. The first-order valence-electron chi connectivity index (χ1n) is 8.38. The number of fused-ring (bicyclic) bond motifs is 3. The number of nitrogens with one attached hydrogen (secondary N) is 1. The second-order valence-corrected chi connectivity index (χ2v) is 7.55. The maximum Gasteiger partial charge on any atom is 0.410 e. The average molecular weight is 331 g/mol. The molecule has 0 aromatic heterocycles. The molecule has 0 spiro atoms. The number of piperazine rings is 1. The van der Waals surface area contributed by atoms with E-state index in [1.54, 1.807) is 4.90 Å². The fourth-order valence-corrected chi connectivity index (χ4v) is 3.24. The van der Waals surface area contributed by atoms with E-state index in [1.807, 2.05) is 39.8 Å². The second kappa shape index (κ2) is 6.00. The molecule has 1 saturated heterocycles. The first kappa shape index (κ1) is 16.6. The molecular weight excluding hydrogens is 306 g/mol. The molecule has 0 unspecified atom stereocenters. The number of ether oxygens (including phenoxy) is 1. The Hall–Kier alpha value is -2.24. The van der Waals surface area contributed by atoms with Gasteiger partial charge in [-0.15, -0.1) is 0 Å². The lowest BCUT2D eigenvalue weighted by molar-refractivity contribution is -0.116. The van der Waals surface area contributed by atoms with Gasteiger partial charge < -0.3 is 19.9 Å². The average Bonchev–Trinajstić information content (AvgIpc) is 2.60. The molecule has 3 rings (SSSR count). The summed E-state index contributed by atoms with van der Waals surface area (Å²) >= 11 is 0. The Morgan fingerprint density at radius 1 is 1.29 bits per heavy atom. The van der Waals surface area contributed by atoms with Gasteiger partial charge in [0, 0.05) is 26.1 Å². The molecule has 1 aromatic carbocycles. The standard InChI is InChI=1S/C18H25N3O3/c1-12-5-6-14-15(9-12)21-8-7-20(17(23)24-18(2,3)4)11-13(21)10-16(22)19-14/h5-6,9,13H,7-8,10-11H2,1-4H3,(H,19,22)/t13-/m0/s1.